The molecule has 1 aliphatic rings. The molecule has 0 spiro atoms. The normalized spacial score (nSPS) is 19.4. The van der Waals surface area contributed by atoms with E-state index in [4.69, 9.17) is 5.73 Å². The van der Waals surface area contributed by atoms with E-state index in [-0.39, 0.29) is 23.8 Å². The van der Waals surface area contributed by atoms with Gasteiger partial charge in [-0.05, 0) is 30.2 Å². The summed E-state index contributed by atoms with van der Waals surface area (Å²) in [5.41, 5.74) is 8.48. The number of nitrogens with zero attached hydrogens (tertiary/aromatic N) is 1. The summed E-state index contributed by atoms with van der Waals surface area (Å²) in [5, 5.41) is 2.84. The Morgan fingerprint density at radius 3 is 2.54 bits per heavy atom. The lowest BCUT2D eigenvalue weighted by molar-refractivity contribution is 0.0789. The summed E-state index contributed by atoms with van der Waals surface area (Å²) < 4.78 is 0. The molecule has 1 aliphatic heterocycles. The van der Waals surface area contributed by atoms with E-state index in [1.54, 1.807) is 29.2 Å². The van der Waals surface area contributed by atoms with E-state index in [2.05, 4.69) is 17.4 Å². The zero-order chi connectivity index (χ0) is 18.5. The molecule has 2 aromatic carbocycles. The second-order valence-electron chi connectivity index (χ2n) is 6.73. The van der Waals surface area contributed by atoms with Crippen molar-refractivity contribution >= 4 is 11.8 Å². The molecule has 0 aliphatic carbocycles. The van der Waals surface area contributed by atoms with Crippen molar-refractivity contribution in [3.63, 3.8) is 0 Å². The van der Waals surface area contributed by atoms with E-state index in [0.717, 1.165) is 12.0 Å². The molecule has 0 radical (unpaired) electrons. The van der Waals surface area contributed by atoms with E-state index in [9.17, 15) is 9.59 Å². The van der Waals surface area contributed by atoms with Gasteiger partial charge in [0.15, 0.2) is 0 Å². The summed E-state index contributed by atoms with van der Waals surface area (Å²) in [6, 6.07) is 16.9. The monoisotopic (exact) mass is 351 g/mol. The number of benzene rings is 2. The predicted octanol–water partition coefficient (Wildman–Crippen LogP) is 2.39. The SMILES string of the molecule is CCCNC(=O)c1cccc(C(=O)N2C[C@@H](N)[C@H](c3ccccc3)C2)c1. The number of carbonyl (C=O) groups excluding carboxylic acids is 2. The van der Waals surface area contributed by atoms with Gasteiger partial charge in [0.2, 0.25) is 0 Å². The molecule has 0 saturated carbocycles. The van der Waals surface area contributed by atoms with Crippen LogP contribution in [-0.4, -0.2) is 42.4 Å². The number of likely N-dealkylation sites (tertiary alicyclic amines) is 1. The lowest BCUT2D eigenvalue weighted by atomic mass is 9.95. The maximum Gasteiger partial charge on any atom is 0.253 e. The second-order valence-corrected chi connectivity index (χ2v) is 6.73. The third kappa shape index (κ3) is 3.94. The average molecular weight is 351 g/mol. The lowest BCUT2D eigenvalue weighted by Crippen LogP contribution is -2.32. The molecule has 0 aromatic heterocycles. The molecule has 3 rings (SSSR count). The molecule has 1 saturated heterocycles. The van der Waals surface area contributed by atoms with Crippen molar-refractivity contribution in [1.29, 1.82) is 0 Å². The Labute approximate surface area is 154 Å². The first-order valence-corrected chi connectivity index (χ1v) is 9.08. The predicted molar refractivity (Wildman–Crippen MR) is 102 cm³/mol. The molecule has 26 heavy (non-hydrogen) atoms. The van der Waals surface area contributed by atoms with Gasteiger partial charge in [0.25, 0.3) is 11.8 Å². The maximum absolute atomic E-state index is 12.9. The first-order chi connectivity index (χ1) is 12.6. The van der Waals surface area contributed by atoms with Crippen LogP contribution in [0.5, 0.6) is 0 Å². The first kappa shape index (κ1) is 18.1. The number of nitrogens with two attached hydrogens (primary N) is 1. The fourth-order valence-electron chi connectivity index (χ4n) is 3.36. The molecule has 2 aromatic rings. The molecule has 2 atom stereocenters. The van der Waals surface area contributed by atoms with Crippen molar-refractivity contribution in [1.82, 2.24) is 10.2 Å². The van der Waals surface area contributed by atoms with Crippen LogP contribution in [0, 0.1) is 0 Å². The largest absolute Gasteiger partial charge is 0.352 e. The molecular formula is C21H25N3O2. The van der Waals surface area contributed by atoms with Crippen molar-refractivity contribution < 1.29 is 9.59 Å². The van der Waals surface area contributed by atoms with Gasteiger partial charge in [-0.2, -0.15) is 0 Å². The van der Waals surface area contributed by atoms with Gasteiger partial charge in [-0.25, -0.2) is 0 Å². The molecule has 5 heteroatoms. The lowest BCUT2D eigenvalue weighted by Gasteiger charge is -2.17. The number of hydrogen-bond donors (Lipinski definition) is 2. The molecule has 0 bridgehead atoms. The van der Waals surface area contributed by atoms with Gasteiger partial charge in [0.05, 0.1) is 0 Å². The Morgan fingerprint density at radius 1 is 1.08 bits per heavy atom. The van der Waals surface area contributed by atoms with Crippen LogP contribution in [0.25, 0.3) is 0 Å². The summed E-state index contributed by atoms with van der Waals surface area (Å²) in [4.78, 5) is 26.8. The molecule has 136 valence electrons. The van der Waals surface area contributed by atoms with Gasteiger partial charge in [0.1, 0.15) is 0 Å². The molecule has 3 N–H and O–H groups in total. The number of amides is 2. The molecule has 1 heterocycles. The van der Waals surface area contributed by atoms with Crippen LogP contribution in [-0.2, 0) is 0 Å². The number of nitrogens with one attached hydrogen (secondary N) is 1. The minimum Gasteiger partial charge on any atom is -0.352 e. The third-order valence-electron chi connectivity index (χ3n) is 4.79. The van der Waals surface area contributed by atoms with Crippen molar-refractivity contribution in [2.45, 2.75) is 25.3 Å². The second kappa shape index (κ2) is 8.15. The highest BCUT2D eigenvalue weighted by Crippen LogP contribution is 2.27. The molecule has 2 amide bonds. The summed E-state index contributed by atoms with van der Waals surface area (Å²) in [5.74, 6) is -0.0954. The van der Waals surface area contributed by atoms with E-state index in [1.165, 1.54) is 0 Å². The van der Waals surface area contributed by atoms with Crippen LogP contribution in [0.1, 0.15) is 45.5 Å². The van der Waals surface area contributed by atoms with Gasteiger partial charge >= 0.3 is 0 Å². The van der Waals surface area contributed by atoms with E-state index in [0.29, 0.717) is 30.8 Å². The fourth-order valence-corrected chi connectivity index (χ4v) is 3.36. The molecule has 5 nitrogen and oxygen atoms in total. The smallest absolute Gasteiger partial charge is 0.253 e. The highest BCUT2D eigenvalue weighted by molar-refractivity contribution is 5.99. The Hall–Kier alpha value is -2.66. The van der Waals surface area contributed by atoms with Crippen molar-refractivity contribution in [3.8, 4) is 0 Å². The highest BCUT2D eigenvalue weighted by atomic mass is 16.2. The molecule has 0 unspecified atom stereocenters. The first-order valence-electron chi connectivity index (χ1n) is 9.08. The number of rotatable bonds is 5. The van der Waals surface area contributed by atoms with Crippen LogP contribution in [0.4, 0.5) is 0 Å². The van der Waals surface area contributed by atoms with Crippen molar-refractivity contribution in [2.24, 2.45) is 5.73 Å². The van der Waals surface area contributed by atoms with Crippen LogP contribution in [0.3, 0.4) is 0 Å². The summed E-state index contributed by atoms with van der Waals surface area (Å²) in [6.45, 7) is 3.73. The minimum atomic E-state index is -0.151. The summed E-state index contributed by atoms with van der Waals surface area (Å²) in [6.07, 6.45) is 0.872. The Morgan fingerprint density at radius 2 is 1.81 bits per heavy atom. The van der Waals surface area contributed by atoms with E-state index in [1.807, 2.05) is 25.1 Å². The quantitative estimate of drug-likeness (QED) is 0.868. The van der Waals surface area contributed by atoms with Gasteiger partial charge in [-0.15, -0.1) is 0 Å². The summed E-state index contributed by atoms with van der Waals surface area (Å²) in [7, 11) is 0. The maximum atomic E-state index is 12.9. The minimum absolute atomic E-state index is 0.0796. The number of hydrogen-bond acceptors (Lipinski definition) is 3. The average Bonchev–Trinajstić information content (AvgIpc) is 3.08. The van der Waals surface area contributed by atoms with Crippen LogP contribution >= 0.6 is 0 Å². The Balaban J connectivity index is 1.73. The van der Waals surface area contributed by atoms with E-state index >= 15 is 0 Å². The topological polar surface area (TPSA) is 75.4 Å². The van der Waals surface area contributed by atoms with Crippen molar-refractivity contribution in [3.05, 3.63) is 71.3 Å². The van der Waals surface area contributed by atoms with Gasteiger partial charge in [-0.3, -0.25) is 9.59 Å². The summed E-state index contributed by atoms with van der Waals surface area (Å²) >= 11 is 0. The molecule has 1 fully saturated rings. The van der Waals surface area contributed by atoms with Gasteiger partial charge in [-0.1, -0.05) is 43.3 Å². The van der Waals surface area contributed by atoms with Crippen LogP contribution in [0.2, 0.25) is 0 Å². The van der Waals surface area contributed by atoms with Crippen molar-refractivity contribution in [2.75, 3.05) is 19.6 Å². The molecular weight excluding hydrogens is 326 g/mol. The number of carbonyl (C=O) groups is 2. The third-order valence-corrected chi connectivity index (χ3v) is 4.79. The van der Waals surface area contributed by atoms with Gasteiger partial charge < -0.3 is 16.0 Å². The zero-order valence-corrected chi connectivity index (χ0v) is 15.0. The van der Waals surface area contributed by atoms with Crippen LogP contribution < -0.4 is 11.1 Å². The van der Waals surface area contributed by atoms with E-state index < -0.39 is 0 Å². The Bertz CT molecular complexity index is 776. The van der Waals surface area contributed by atoms with Crippen LogP contribution in [0.15, 0.2) is 54.6 Å². The Kier molecular flexibility index (Phi) is 5.68. The fraction of sp³-hybridized carbons (Fsp3) is 0.333. The standard InChI is InChI=1S/C21H25N3O2/c1-2-11-23-20(25)16-9-6-10-17(12-16)21(26)24-13-18(19(22)14-24)15-7-4-3-5-8-15/h3-10,12,18-19H,2,11,13-14,22H2,1H3,(H,23,25)/t18-,19+/m0/s1. The highest BCUT2D eigenvalue weighted by Gasteiger charge is 2.34. The van der Waals surface area contributed by atoms with Gasteiger partial charge in [0, 0.05) is 42.7 Å². The zero-order valence-electron chi connectivity index (χ0n) is 15.0.